The molecule has 80 valence electrons. The molecule has 1 heterocycles. The highest BCUT2D eigenvalue weighted by Crippen LogP contribution is 2.24. The lowest BCUT2D eigenvalue weighted by Gasteiger charge is -2.06. The minimum atomic E-state index is 0.249. The van der Waals surface area contributed by atoms with Gasteiger partial charge in [-0.3, -0.25) is 4.79 Å². The molecule has 2 nitrogen and oxygen atoms in total. The van der Waals surface area contributed by atoms with E-state index in [9.17, 15) is 4.79 Å². The van der Waals surface area contributed by atoms with Gasteiger partial charge in [-0.2, -0.15) is 0 Å². The summed E-state index contributed by atoms with van der Waals surface area (Å²) in [5, 5.41) is 0.249. The van der Waals surface area contributed by atoms with Crippen molar-refractivity contribution >= 4 is 17.9 Å². The minimum absolute atomic E-state index is 0.249. The number of pyridine rings is 1. The van der Waals surface area contributed by atoms with Crippen LogP contribution in [0.5, 0.6) is 0 Å². The largest absolute Gasteiger partial charge is 0.298 e. The number of carbonyl (C=O) groups excluding carboxylic acids is 1. The van der Waals surface area contributed by atoms with Gasteiger partial charge < -0.3 is 0 Å². The molecule has 0 saturated carbocycles. The van der Waals surface area contributed by atoms with Crippen molar-refractivity contribution in [3.05, 3.63) is 52.7 Å². The maximum Gasteiger partial charge on any atom is 0.153 e. The Bertz CT molecular complexity index is 523. The van der Waals surface area contributed by atoms with E-state index in [0.29, 0.717) is 5.56 Å². The van der Waals surface area contributed by atoms with Crippen LogP contribution in [0.25, 0.3) is 11.3 Å². The molecule has 0 atom stereocenters. The highest BCUT2D eigenvalue weighted by atomic mass is 35.5. The molecule has 16 heavy (non-hydrogen) atoms. The third-order valence-electron chi connectivity index (χ3n) is 2.37. The molecule has 1 aromatic heterocycles. The molecule has 2 aromatic rings. The van der Waals surface area contributed by atoms with Gasteiger partial charge in [0.05, 0.1) is 11.3 Å². The second kappa shape index (κ2) is 4.45. The first-order valence-electron chi connectivity index (χ1n) is 4.90. The summed E-state index contributed by atoms with van der Waals surface area (Å²) in [4.78, 5) is 15.0. The fourth-order valence-corrected chi connectivity index (χ4v) is 1.77. The molecule has 0 unspecified atom stereocenters. The topological polar surface area (TPSA) is 30.0 Å². The first kappa shape index (κ1) is 10.8. The molecule has 0 fully saturated rings. The van der Waals surface area contributed by atoms with Crippen LogP contribution in [0.2, 0.25) is 5.15 Å². The Morgan fingerprint density at radius 3 is 2.56 bits per heavy atom. The molecule has 0 amide bonds. The van der Waals surface area contributed by atoms with Gasteiger partial charge in [0.2, 0.25) is 0 Å². The Labute approximate surface area is 98.9 Å². The van der Waals surface area contributed by atoms with E-state index < -0.39 is 0 Å². The fraction of sp³-hybridized carbons (Fsp3) is 0.0769. The molecule has 0 N–H and O–H groups in total. The first-order valence-corrected chi connectivity index (χ1v) is 5.28. The lowest BCUT2D eigenvalue weighted by molar-refractivity contribution is 0.112. The highest BCUT2D eigenvalue weighted by molar-refractivity contribution is 6.31. The zero-order valence-corrected chi connectivity index (χ0v) is 9.53. The number of nitrogens with zero attached hydrogens (tertiary/aromatic N) is 1. The molecule has 0 bridgehead atoms. The summed E-state index contributed by atoms with van der Waals surface area (Å²) in [5.41, 5.74) is 3.19. The summed E-state index contributed by atoms with van der Waals surface area (Å²) in [6.45, 7) is 1.92. The second-order valence-electron chi connectivity index (χ2n) is 3.52. The van der Waals surface area contributed by atoms with E-state index in [0.717, 1.165) is 23.1 Å². The average molecular weight is 232 g/mol. The number of halogens is 1. The van der Waals surface area contributed by atoms with Crippen LogP contribution in [-0.4, -0.2) is 11.3 Å². The van der Waals surface area contributed by atoms with E-state index >= 15 is 0 Å². The third-order valence-corrected chi connectivity index (χ3v) is 2.67. The first-order chi connectivity index (χ1) is 7.72. The number of aldehydes is 1. The Hall–Kier alpha value is -1.67. The van der Waals surface area contributed by atoms with Gasteiger partial charge in [0.25, 0.3) is 0 Å². The van der Waals surface area contributed by atoms with Crippen molar-refractivity contribution in [1.82, 2.24) is 4.98 Å². The van der Waals surface area contributed by atoms with E-state index in [1.807, 2.05) is 37.3 Å². The Morgan fingerprint density at radius 2 is 1.94 bits per heavy atom. The third kappa shape index (κ3) is 1.97. The molecule has 2 rings (SSSR count). The molecular weight excluding hydrogens is 222 g/mol. The molecule has 0 spiro atoms. The number of aromatic nitrogens is 1. The van der Waals surface area contributed by atoms with Crippen molar-refractivity contribution in [2.24, 2.45) is 0 Å². The summed E-state index contributed by atoms with van der Waals surface area (Å²) in [5.74, 6) is 0. The van der Waals surface area contributed by atoms with Crippen LogP contribution in [0.3, 0.4) is 0 Å². The number of aryl methyl sites for hydroxylation is 1. The lowest BCUT2D eigenvalue weighted by atomic mass is 10.1. The van der Waals surface area contributed by atoms with Crippen molar-refractivity contribution < 1.29 is 4.79 Å². The average Bonchev–Trinajstić information content (AvgIpc) is 2.32. The van der Waals surface area contributed by atoms with E-state index in [1.54, 1.807) is 6.07 Å². The molecule has 3 heteroatoms. The monoisotopic (exact) mass is 231 g/mol. The van der Waals surface area contributed by atoms with Crippen molar-refractivity contribution in [2.75, 3.05) is 0 Å². The van der Waals surface area contributed by atoms with Gasteiger partial charge in [0.15, 0.2) is 6.29 Å². The van der Waals surface area contributed by atoms with Crippen LogP contribution in [0.1, 0.15) is 15.9 Å². The standard InChI is InChI=1S/C13H10ClNO/c1-9-7-11(8-16)13(14)15-12(9)10-5-3-2-4-6-10/h2-8H,1H3. The van der Waals surface area contributed by atoms with Gasteiger partial charge in [-0.25, -0.2) is 4.98 Å². The summed E-state index contributed by atoms with van der Waals surface area (Å²) < 4.78 is 0. The summed E-state index contributed by atoms with van der Waals surface area (Å²) >= 11 is 5.91. The van der Waals surface area contributed by atoms with Crippen molar-refractivity contribution in [2.45, 2.75) is 6.92 Å². The minimum Gasteiger partial charge on any atom is -0.298 e. The quantitative estimate of drug-likeness (QED) is 0.585. The van der Waals surface area contributed by atoms with Crippen LogP contribution in [-0.2, 0) is 0 Å². The smallest absolute Gasteiger partial charge is 0.153 e. The number of carbonyl (C=O) groups is 1. The van der Waals surface area contributed by atoms with Crippen LogP contribution in [0.4, 0.5) is 0 Å². The molecule has 0 aliphatic carbocycles. The molecule has 0 aliphatic rings. The normalized spacial score (nSPS) is 10.1. The number of hydrogen-bond acceptors (Lipinski definition) is 2. The van der Waals surface area contributed by atoms with Gasteiger partial charge in [-0.05, 0) is 18.6 Å². The zero-order chi connectivity index (χ0) is 11.5. The van der Waals surface area contributed by atoms with Gasteiger partial charge in [-0.15, -0.1) is 0 Å². The fourth-order valence-electron chi connectivity index (χ4n) is 1.58. The van der Waals surface area contributed by atoms with Gasteiger partial charge in [0, 0.05) is 5.56 Å². The van der Waals surface area contributed by atoms with Gasteiger partial charge >= 0.3 is 0 Å². The molecule has 0 aliphatic heterocycles. The lowest BCUT2D eigenvalue weighted by Crippen LogP contribution is -1.93. The van der Waals surface area contributed by atoms with E-state index in [4.69, 9.17) is 11.6 Å². The molecule has 0 radical (unpaired) electrons. The molecular formula is C13H10ClNO. The zero-order valence-electron chi connectivity index (χ0n) is 8.77. The maximum absolute atomic E-state index is 10.7. The maximum atomic E-state index is 10.7. The Morgan fingerprint density at radius 1 is 1.25 bits per heavy atom. The van der Waals surface area contributed by atoms with Crippen LogP contribution in [0, 0.1) is 6.92 Å². The second-order valence-corrected chi connectivity index (χ2v) is 3.88. The summed E-state index contributed by atoms with van der Waals surface area (Å²) in [6, 6.07) is 11.5. The number of rotatable bonds is 2. The summed E-state index contributed by atoms with van der Waals surface area (Å²) in [7, 11) is 0. The van der Waals surface area contributed by atoms with Crippen molar-refractivity contribution in [3.8, 4) is 11.3 Å². The predicted molar refractivity (Wildman–Crippen MR) is 64.8 cm³/mol. The summed E-state index contributed by atoms with van der Waals surface area (Å²) in [6.07, 6.45) is 0.719. The van der Waals surface area contributed by atoms with Crippen molar-refractivity contribution in [1.29, 1.82) is 0 Å². The Kier molecular flexibility index (Phi) is 3.02. The van der Waals surface area contributed by atoms with Gasteiger partial charge in [-0.1, -0.05) is 41.9 Å². The number of hydrogen-bond donors (Lipinski definition) is 0. The highest BCUT2D eigenvalue weighted by Gasteiger charge is 2.08. The predicted octanol–water partition coefficient (Wildman–Crippen LogP) is 3.52. The van der Waals surface area contributed by atoms with Gasteiger partial charge in [0.1, 0.15) is 5.15 Å². The Balaban J connectivity index is 2.59. The van der Waals surface area contributed by atoms with E-state index in [-0.39, 0.29) is 5.15 Å². The van der Waals surface area contributed by atoms with Crippen LogP contribution in [0.15, 0.2) is 36.4 Å². The number of benzene rings is 1. The van der Waals surface area contributed by atoms with Crippen LogP contribution < -0.4 is 0 Å². The molecule has 1 aromatic carbocycles. The van der Waals surface area contributed by atoms with E-state index in [1.165, 1.54) is 0 Å². The van der Waals surface area contributed by atoms with Crippen molar-refractivity contribution in [3.63, 3.8) is 0 Å². The molecule has 0 saturated heterocycles. The SMILES string of the molecule is Cc1cc(C=O)c(Cl)nc1-c1ccccc1. The van der Waals surface area contributed by atoms with Crippen LogP contribution >= 0.6 is 11.6 Å². The van der Waals surface area contributed by atoms with E-state index in [2.05, 4.69) is 4.98 Å².